The molecule has 1 aromatic heterocycles. The van der Waals surface area contributed by atoms with E-state index in [1.54, 1.807) is 12.1 Å². The molecule has 2 N–H and O–H groups in total. The fourth-order valence-electron chi connectivity index (χ4n) is 2.40. The van der Waals surface area contributed by atoms with E-state index >= 15 is 0 Å². The van der Waals surface area contributed by atoms with E-state index in [4.69, 9.17) is 0 Å². The van der Waals surface area contributed by atoms with Gasteiger partial charge in [0.15, 0.2) is 5.16 Å². The van der Waals surface area contributed by atoms with E-state index in [-0.39, 0.29) is 30.2 Å². The second-order valence-corrected chi connectivity index (χ2v) is 6.86. The Morgan fingerprint density at radius 3 is 2.56 bits per heavy atom. The fraction of sp³-hybridized carbons (Fsp3) is 0.150. The number of carbonyl (C=O) groups excluding carboxylic acids is 1. The number of carbonyl (C=O) groups is 1. The SMILES string of the molecule is O=C(Cc1cc(=O)[nH]c(SCc2ccccc2)n1)NCc1ccc(F)cc1. The predicted molar refractivity (Wildman–Crippen MR) is 103 cm³/mol. The summed E-state index contributed by atoms with van der Waals surface area (Å²) < 4.78 is 12.9. The normalized spacial score (nSPS) is 10.6. The summed E-state index contributed by atoms with van der Waals surface area (Å²) in [5, 5.41) is 3.22. The van der Waals surface area contributed by atoms with Crippen molar-refractivity contribution in [2.75, 3.05) is 0 Å². The average Bonchev–Trinajstić information content (AvgIpc) is 2.66. The van der Waals surface area contributed by atoms with Gasteiger partial charge >= 0.3 is 0 Å². The number of hydrogen-bond donors (Lipinski definition) is 2. The van der Waals surface area contributed by atoms with E-state index in [0.29, 0.717) is 16.6 Å². The maximum absolute atomic E-state index is 12.9. The van der Waals surface area contributed by atoms with Crippen LogP contribution in [0.25, 0.3) is 0 Å². The molecule has 3 rings (SSSR count). The van der Waals surface area contributed by atoms with Crippen molar-refractivity contribution < 1.29 is 9.18 Å². The van der Waals surface area contributed by atoms with Crippen LogP contribution in [-0.2, 0) is 23.5 Å². The van der Waals surface area contributed by atoms with Crippen LogP contribution in [-0.4, -0.2) is 15.9 Å². The van der Waals surface area contributed by atoms with E-state index in [1.165, 1.54) is 30.0 Å². The largest absolute Gasteiger partial charge is 0.352 e. The molecule has 0 fully saturated rings. The minimum absolute atomic E-state index is 0.00398. The highest BCUT2D eigenvalue weighted by Crippen LogP contribution is 2.18. The monoisotopic (exact) mass is 383 g/mol. The van der Waals surface area contributed by atoms with Crippen LogP contribution >= 0.6 is 11.8 Å². The number of aromatic amines is 1. The summed E-state index contributed by atoms with van der Waals surface area (Å²) in [6.45, 7) is 0.290. The number of rotatable bonds is 7. The van der Waals surface area contributed by atoms with Crippen LogP contribution < -0.4 is 10.9 Å². The van der Waals surface area contributed by atoms with Crippen molar-refractivity contribution in [1.29, 1.82) is 0 Å². The lowest BCUT2D eigenvalue weighted by Crippen LogP contribution is -2.25. The smallest absolute Gasteiger partial charge is 0.251 e. The number of benzene rings is 2. The molecule has 1 amide bonds. The van der Waals surface area contributed by atoms with Crippen molar-refractivity contribution in [1.82, 2.24) is 15.3 Å². The van der Waals surface area contributed by atoms with Gasteiger partial charge in [0.2, 0.25) is 5.91 Å². The summed E-state index contributed by atoms with van der Waals surface area (Å²) in [5.74, 6) is 0.0963. The highest BCUT2D eigenvalue weighted by atomic mass is 32.2. The summed E-state index contributed by atoms with van der Waals surface area (Å²) in [7, 11) is 0. The number of aromatic nitrogens is 2. The van der Waals surface area contributed by atoms with Crippen molar-refractivity contribution in [2.24, 2.45) is 0 Å². The van der Waals surface area contributed by atoms with Crippen LogP contribution in [0.5, 0.6) is 0 Å². The molecule has 0 aliphatic rings. The topological polar surface area (TPSA) is 74.8 Å². The third kappa shape index (κ3) is 6.07. The molecule has 3 aromatic rings. The van der Waals surface area contributed by atoms with Gasteiger partial charge in [0.1, 0.15) is 5.82 Å². The Morgan fingerprint density at radius 2 is 1.81 bits per heavy atom. The molecule has 27 heavy (non-hydrogen) atoms. The Kier molecular flexibility index (Phi) is 6.38. The number of nitrogens with zero attached hydrogens (tertiary/aromatic N) is 1. The van der Waals surface area contributed by atoms with Gasteiger partial charge in [0, 0.05) is 18.4 Å². The number of halogens is 1. The molecule has 0 aliphatic heterocycles. The number of amides is 1. The van der Waals surface area contributed by atoms with Crippen molar-refractivity contribution in [2.45, 2.75) is 23.9 Å². The van der Waals surface area contributed by atoms with Crippen LogP contribution in [0.2, 0.25) is 0 Å². The first kappa shape index (κ1) is 18.8. The molecule has 7 heteroatoms. The second-order valence-electron chi connectivity index (χ2n) is 5.90. The summed E-state index contributed by atoms with van der Waals surface area (Å²) in [5.41, 5.74) is 2.03. The number of nitrogens with one attached hydrogen (secondary N) is 2. The van der Waals surface area contributed by atoms with Crippen LogP contribution in [0.3, 0.4) is 0 Å². The summed E-state index contributed by atoms with van der Waals surface area (Å²) in [6.07, 6.45) is 0.00398. The highest BCUT2D eigenvalue weighted by Gasteiger charge is 2.08. The Labute approximate surface area is 160 Å². The van der Waals surface area contributed by atoms with Crippen molar-refractivity contribution in [3.8, 4) is 0 Å². The third-order valence-electron chi connectivity index (χ3n) is 3.74. The van der Waals surface area contributed by atoms with Gasteiger partial charge in [0.05, 0.1) is 12.1 Å². The van der Waals surface area contributed by atoms with Gasteiger partial charge in [-0.3, -0.25) is 9.59 Å². The molecule has 138 valence electrons. The molecule has 2 aromatic carbocycles. The summed E-state index contributed by atoms with van der Waals surface area (Å²) >= 11 is 1.41. The van der Waals surface area contributed by atoms with Gasteiger partial charge in [-0.05, 0) is 23.3 Å². The summed E-state index contributed by atoms with van der Waals surface area (Å²) in [4.78, 5) is 31.0. The molecule has 0 bridgehead atoms. The highest BCUT2D eigenvalue weighted by molar-refractivity contribution is 7.98. The fourth-order valence-corrected chi connectivity index (χ4v) is 3.25. The first-order valence-corrected chi connectivity index (χ1v) is 9.35. The lowest BCUT2D eigenvalue weighted by Gasteiger charge is -2.06. The van der Waals surface area contributed by atoms with Crippen LogP contribution in [0, 0.1) is 5.82 Å². The van der Waals surface area contributed by atoms with Gasteiger partial charge in [-0.25, -0.2) is 9.37 Å². The molecule has 0 unspecified atom stereocenters. The predicted octanol–water partition coefficient (Wildman–Crippen LogP) is 3.06. The Morgan fingerprint density at radius 1 is 1.07 bits per heavy atom. The third-order valence-corrected chi connectivity index (χ3v) is 4.68. The van der Waals surface area contributed by atoms with Crippen LogP contribution in [0.15, 0.2) is 70.6 Å². The zero-order valence-corrected chi connectivity index (χ0v) is 15.3. The van der Waals surface area contributed by atoms with E-state index in [0.717, 1.165) is 11.1 Å². The molecule has 0 spiro atoms. The maximum Gasteiger partial charge on any atom is 0.251 e. The van der Waals surface area contributed by atoms with Gasteiger partial charge in [-0.2, -0.15) is 0 Å². The molecule has 0 saturated heterocycles. The molecule has 0 radical (unpaired) electrons. The molecular formula is C20H18FN3O2S. The van der Waals surface area contributed by atoms with Crippen LogP contribution in [0.1, 0.15) is 16.8 Å². The first-order valence-electron chi connectivity index (χ1n) is 8.36. The molecule has 1 heterocycles. The van der Waals surface area contributed by atoms with Crippen LogP contribution in [0.4, 0.5) is 4.39 Å². The molecule has 0 atom stereocenters. The molecule has 5 nitrogen and oxygen atoms in total. The summed E-state index contributed by atoms with van der Waals surface area (Å²) in [6, 6.07) is 17.1. The lowest BCUT2D eigenvalue weighted by molar-refractivity contribution is -0.120. The Bertz CT molecular complexity index is 959. The molecular weight excluding hydrogens is 365 g/mol. The Hall–Kier alpha value is -2.93. The van der Waals surface area contributed by atoms with E-state index in [1.807, 2.05) is 30.3 Å². The van der Waals surface area contributed by atoms with Crippen molar-refractivity contribution in [3.63, 3.8) is 0 Å². The Balaban J connectivity index is 1.57. The standard InChI is InChI=1S/C20H18FN3O2S/c21-16-8-6-14(7-9-16)12-22-18(25)10-17-11-19(26)24-20(23-17)27-13-15-4-2-1-3-5-15/h1-9,11H,10,12-13H2,(H,22,25)(H,23,24,26). The van der Waals surface area contributed by atoms with Gasteiger partial charge in [0.25, 0.3) is 5.56 Å². The number of H-pyrrole nitrogens is 1. The van der Waals surface area contributed by atoms with Crippen molar-refractivity contribution in [3.05, 3.63) is 93.7 Å². The zero-order chi connectivity index (χ0) is 19.1. The lowest BCUT2D eigenvalue weighted by atomic mass is 10.2. The quantitative estimate of drug-likeness (QED) is 0.486. The van der Waals surface area contributed by atoms with Crippen molar-refractivity contribution >= 4 is 17.7 Å². The molecule has 0 aliphatic carbocycles. The minimum Gasteiger partial charge on any atom is -0.352 e. The van der Waals surface area contributed by atoms with Gasteiger partial charge < -0.3 is 10.3 Å². The zero-order valence-electron chi connectivity index (χ0n) is 14.4. The first-order chi connectivity index (χ1) is 13.1. The van der Waals surface area contributed by atoms with Gasteiger partial charge in [-0.15, -0.1) is 0 Å². The van der Waals surface area contributed by atoms with E-state index < -0.39 is 0 Å². The maximum atomic E-state index is 12.9. The number of thioether (sulfide) groups is 1. The second kappa shape index (κ2) is 9.14. The van der Waals surface area contributed by atoms with Gasteiger partial charge in [-0.1, -0.05) is 54.2 Å². The van der Waals surface area contributed by atoms with E-state index in [9.17, 15) is 14.0 Å². The average molecular weight is 383 g/mol. The van der Waals surface area contributed by atoms with E-state index in [2.05, 4.69) is 15.3 Å². The molecule has 0 saturated carbocycles. The number of hydrogen-bond acceptors (Lipinski definition) is 4. The minimum atomic E-state index is -0.321.